The van der Waals surface area contributed by atoms with E-state index in [0.717, 1.165) is 0 Å². The van der Waals surface area contributed by atoms with Gasteiger partial charge in [-0.2, -0.15) is 0 Å². The fourth-order valence-corrected chi connectivity index (χ4v) is 1.74. The number of carbonyl (C=O) groups is 1. The molecule has 1 aromatic rings. The van der Waals surface area contributed by atoms with Crippen molar-refractivity contribution in [1.29, 1.82) is 0 Å². The Labute approximate surface area is 133 Å². The van der Waals surface area contributed by atoms with E-state index in [4.69, 9.17) is 9.15 Å². The third kappa shape index (κ3) is 6.03. The van der Waals surface area contributed by atoms with Crippen molar-refractivity contribution in [3.8, 4) is 0 Å². The molecule has 0 aromatic carbocycles. The predicted octanol–water partition coefficient (Wildman–Crippen LogP) is 3.46. The van der Waals surface area contributed by atoms with Crippen LogP contribution in [-0.2, 0) is 16.6 Å². The number of amides is 1. The van der Waals surface area contributed by atoms with Crippen molar-refractivity contribution in [1.82, 2.24) is 15.5 Å². The lowest BCUT2D eigenvalue weighted by atomic mass is 9.97. The average Bonchev–Trinajstić information content (AvgIpc) is 2.73. The summed E-state index contributed by atoms with van der Waals surface area (Å²) in [5, 5.41) is 11.0. The van der Waals surface area contributed by atoms with Crippen molar-refractivity contribution in [3.63, 3.8) is 0 Å². The summed E-state index contributed by atoms with van der Waals surface area (Å²) >= 11 is 0. The molecule has 1 N–H and O–H groups in total. The number of alkyl carbamates (subject to hydrolysis) is 1. The van der Waals surface area contributed by atoms with Crippen molar-refractivity contribution < 1.29 is 13.9 Å². The first kappa shape index (κ1) is 18.5. The summed E-state index contributed by atoms with van der Waals surface area (Å²) in [5.74, 6) is 1.35. The van der Waals surface area contributed by atoms with Crippen LogP contribution in [0.4, 0.5) is 4.79 Å². The molecule has 126 valence electrons. The van der Waals surface area contributed by atoms with Crippen LogP contribution in [0.1, 0.15) is 67.2 Å². The summed E-state index contributed by atoms with van der Waals surface area (Å²) in [7, 11) is 0. The van der Waals surface area contributed by atoms with Gasteiger partial charge >= 0.3 is 6.09 Å². The molecule has 1 unspecified atom stereocenters. The smallest absolute Gasteiger partial charge is 0.407 e. The zero-order valence-corrected chi connectivity index (χ0v) is 15.0. The first-order valence-electron chi connectivity index (χ1n) is 7.71. The van der Waals surface area contributed by atoms with E-state index in [1.54, 1.807) is 0 Å². The van der Waals surface area contributed by atoms with Gasteiger partial charge in [0.25, 0.3) is 0 Å². The van der Waals surface area contributed by atoms with Crippen LogP contribution in [0, 0.1) is 5.92 Å². The fourth-order valence-electron chi connectivity index (χ4n) is 1.74. The third-order valence-corrected chi connectivity index (χ3v) is 3.01. The van der Waals surface area contributed by atoms with Crippen molar-refractivity contribution in [2.45, 2.75) is 78.9 Å². The van der Waals surface area contributed by atoms with E-state index in [1.165, 1.54) is 0 Å². The number of rotatable bonds is 4. The number of carbonyl (C=O) groups excluding carboxylic acids is 1. The molecule has 0 fully saturated rings. The lowest BCUT2D eigenvalue weighted by molar-refractivity contribution is 0.0488. The highest BCUT2D eigenvalue weighted by Crippen LogP contribution is 2.21. The molecule has 6 heteroatoms. The zero-order valence-electron chi connectivity index (χ0n) is 15.0. The van der Waals surface area contributed by atoms with Gasteiger partial charge in [-0.1, -0.05) is 34.6 Å². The van der Waals surface area contributed by atoms with E-state index in [1.807, 2.05) is 55.4 Å². The Morgan fingerprint density at radius 3 is 2.18 bits per heavy atom. The van der Waals surface area contributed by atoms with E-state index in [2.05, 4.69) is 15.5 Å². The van der Waals surface area contributed by atoms with E-state index in [-0.39, 0.29) is 17.4 Å². The number of aromatic nitrogens is 2. The lowest BCUT2D eigenvalue weighted by Crippen LogP contribution is -2.43. The number of nitrogens with one attached hydrogen (secondary N) is 1. The maximum Gasteiger partial charge on any atom is 0.407 e. The van der Waals surface area contributed by atoms with Gasteiger partial charge in [-0.15, -0.1) is 10.2 Å². The molecule has 0 saturated heterocycles. The molecular weight excluding hydrogens is 282 g/mol. The molecule has 0 aliphatic heterocycles. The fraction of sp³-hybridized carbons (Fsp3) is 0.812. The predicted molar refractivity (Wildman–Crippen MR) is 84.7 cm³/mol. The molecule has 22 heavy (non-hydrogen) atoms. The van der Waals surface area contributed by atoms with Crippen LogP contribution in [-0.4, -0.2) is 27.9 Å². The van der Waals surface area contributed by atoms with Crippen molar-refractivity contribution in [3.05, 3.63) is 11.8 Å². The number of nitrogens with zero attached hydrogens (tertiary/aromatic N) is 2. The van der Waals surface area contributed by atoms with E-state index < -0.39 is 11.7 Å². The molecule has 6 nitrogen and oxygen atoms in total. The van der Waals surface area contributed by atoms with Crippen molar-refractivity contribution in [2.75, 3.05) is 0 Å². The second-order valence-electron chi connectivity index (χ2n) is 7.95. The Kier molecular flexibility index (Phi) is 5.59. The van der Waals surface area contributed by atoms with Crippen LogP contribution < -0.4 is 5.32 Å². The van der Waals surface area contributed by atoms with E-state index in [9.17, 15) is 4.79 Å². The molecule has 1 atom stereocenters. The highest BCUT2D eigenvalue weighted by molar-refractivity contribution is 5.68. The summed E-state index contributed by atoms with van der Waals surface area (Å²) < 4.78 is 11.0. The maximum absolute atomic E-state index is 11.9. The first-order chi connectivity index (χ1) is 9.88. The Morgan fingerprint density at radius 1 is 1.18 bits per heavy atom. The Morgan fingerprint density at radius 2 is 1.77 bits per heavy atom. The molecule has 0 radical (unpaired) electrons. The van der Waals surface area contributed by atoms with E-state index >= 15 is 0 Å². The van der Waals surface area contributed by atoms with Gasteiger partial charge in [-0.3, -0.25) is 0 Å². The van der Waals surface area contributed by atoms with E-state index in [0.29, 0.717) is 18.2 Å². The monoisotopic (exact) mass is 311 g/mol. The molecular formula is C16H29N3O3. The summed E-state index contributed by atoms with van der Waals surface area (Å²) in [6, 6.07) is -0.122. The molecule has 0 saturated carbocycles. The van der Waals surface area contributed by atoms with Gasteiger partial charge in [0, 0.05) is 17.9 Å². The highest BCUT2D eigenvalue weighted by Gasteiger charge is 2.25. The number of hydrogen-bond donors (Lipinski definition) is 1. The van der Waals surface area contributed by atoms with Gasteiger partial charge in [0.15, 0.2) is 0 Å². The van der Waals surface area contributed by atoms with Crippen LogP contribution in [0.5, 0.6) is 0 Å². The lowest BCUT2D eigenvalue weighted by Gasteiger charge is -2.25. The first-order valence-corrected chi connectivity index (χ1v) is 7.71. The van der Waals surface area contributed by atoms with Crippen molar-refractivity contribution >= 4 is 6.09 Å². The van der Waals surface area contributed by atoms with Crippen LogP contribution in [0.25, 0.3) is 0 Å². The zero-order chi connectivity index (χ0) is 17.1. The summed E-state index contributed by atoms with van der Waals surface area (Å²) in [5.41, 5.74) is -0.702. The summed E-state index contributed by atoms with van der Waals surface area (Å²) in [4.78, 5) is 11.9. The van der Waals surface area contributed by atoms with Gasteiger partial charge < -0.3 is 14.5 Å². The van der Waals surface area contributed by atoms with Crippen LogP contribution in [0.3, 0.4) is 0 Å². The highest BCUT2D eigenvalue weighted by atomic mass is 16.6. The largest absolute Gasteiger partial charge is 0.444 e. The number of ether oxygens (including phenoxy) is 1. The SMILES string of the molecule is CC(C)C(Cc1nnc(C(C)(C)C)o1)NC(=O)OC(C)(C)C. The Bertz CT molecular complexity index is 495. The van der Waals surface area contributed by atoms with Gasteiger partial charge in [0.2, 0.25) is 11.8 Å². The van der Waals surface area contributed by atoms with Crippen LogP contribution >= 0.6 is 0 Å². The van der Waals surface area contributed by atoms with Crippen LogP contribution in [0.15, 0.2) is 4.42 Å². The minimum atomic E-state index is -0.518. The molecule has 0 spiro atoms. The Hall–Kier alpha value is -1.59. The van der Waals surface area contributed by atoms with Crippen molar-refractivity contribution in [2.24, 2.45) is 5.92 Å². The standard InChI is InChI=1S/C16H29N3O3/c1-10(2)11(17-14(20)22-16(6,7)8)9-12-18-19-13(21-12)15(3,4)5/h10-11H,9H2,1-8H3,(H,17,20). The minimum Gasteiger partial charge on any atom is -0.444 e. The maximum atomic E-state index is 11.9. The van der Waals surface area contributed by atoms with Gasteiger partial charge in [0.05, 0.1) is 0 Å². The second-order valence-corrected chi connectivity index (χ2v) is 7.95. The normalized spacial score (nSPS) is 14.0. The van der Waals surface area contributed by atoms with Gasteiger partial charge in [0.1, 0.15) is 5.60 Å². The molecule has 0 bridgehead atoms. The quantitative estimate of drug-likeness (QED) is 0.921. The Balaban J connectivity index is 2.73. The summed E-state index contributed by atoms with van der Waals surface area (Å²) in [6.07, 6.45) is 0.0572. The molecule has 1 rings (SSSR count). The van der Waals surface area contributed by atoms with Crippen LogP contribution in [0.2, 0.25) is 0 Å². The average molecular weight is 311 g/mol. The molecule has 0 aliphatic rings. The third-order valence-electron chi connectivity index (χ3n) is 3.01. The summed E-state index contributed by atoms with van der Waals surface area (Å²) in [6.45, 7) is 15.6. The number of hydrogen-bond acceptors (Lipinski definition) is 5. The van der Waals surface area contributed by atoms with Gasteiger partial charge in [-0.25, -0.2) is 4.79 Å². The topological polar surface area (TPSA) is 77.3 Å². The van der Waals surface area contributed by atoms with Gasteiger partial charge in [-0.05, 0) is 26.7 Å². The molecule has 1 aromatic heterocycles. The molecule has 1 heterocycles. The molecule has 1 amide bonds. The molecule has 0 aliphatic carbocycles. The minimum absolute atomic E-state index is 0.122. The second kappa shape index (κ2) is 6.67.